The van der Waals surface area contributed by atoms with Crippen LogP contribution in [0.5, 0.6) is 0 Å². The van der Waals surface area contributed by atoms with Gasteiger partial charge in [0.1, 0.15) is 0 Å². The largest absolute Gasteiger partial charge is 0.474 e. The van der Waals surface area contributed by atoms with Crippen molar-refractivity contribution in [1.29, 1.82) is 0 Å². The Labute approximate surface area is 94.3 Å². The maximum absolute atomic E-state index is 10.9. The smallest absolute Gasteiger partial charge is 0.394 e. The topological polar surface area (TPSA) is 66.4 Å². The van der Waals surface area contributed by atoms with Gasteiger partial charge in [0.25, 0.3) is 0 Å². The van der Waals surface area contributed by atoms with Crippen LogP contribution in [0.2, 0.25) is 0 Å². The van der Waals surface area contributed by atoms with E-state index in [1.54, 1.807) is 12.1 Å². The highest BCUT2D eigenvalue weighted by Gasteiger charge is 2.11. The van der Waals surface area contributed by atoms with Gasteiger partial charge in [-0.25, -0.2) is 4.79 Å². The van der Waals surface area contributed by atoms with Crippen LogP contribution in [0, 0.1) is 0 Å². The number of rotatable bonds is 3. The summed E-state index contributed by atoms with van der Waals surface area (Å²) >= 11 is 0. The van der Waals surface area contributed by atoms with E-state index in [9.17, 15) is 9.59 Å². The number of carbonyl (C=O) groups excluding carboxylic acids is 1. The first-order chi connectivity index (χ1) is 7.54. The summed E-state index contributed by atoms with van der Waals surface area (Å²) in [6, 6.07) is 7.21. The van der Waals surface area contributed by atoms with Crippen molar-refractivity contribution in [3.63, 3.8) is 0 Å². The second kappa shape index (κ2) is 5.30. The number of hydrogen-bond acceptors (Lipinski definition) is 2. The molecule has 0 aliphatic rings. The van der Waals surface area contributed by atoms with E-state index < -0.39 is 11.9 Å². The Morgan fingerprint density at radius 3 is 2.31 bits per heavy atom. The lowest BCUT2D eigenvalue weighted by molar-refractivity contribution is -0.147. The molecule has 0 heterocycles. The molecule has 1 amide bonds. The van der Waals surface area contributed by atoms with E-state index in [2.05, 4.69) is 19.2 Å². The summed E-state index contributed by atoms with van der Waals surface area (Å²) in [6.45, 7) is 4.22. The minimum atomic E-state index is -1.48. The lowest BCUT2D eigenvalue weighted by atomic mass is 9.99. The number of carboxylic acid groups (broad SMARTS) is 1. The fourth-order valence-electron chi connectivity index (χ4n) is 1.32. The molecule has 1 atom stereocenters. The first kappa shape index (κ1) is 12.2. The number of anilines is 1. The second-order valence-electron chi connectivity index (χ2n) is 3.69. The molecule has 1 aromatic carbocycles. The van der Waals surface area contributed by atoms with Crippen LogP contribution < -0.4 is 5.32 Å². The third-order valence-electron chi connectivity index (χ3n) is 2.54. The van der Waals surface area contributed by atoms with Crippen molar-refractivity contribution >= 4 is 17.6 Å². The summed E-state index contributed by atoms with van der Waals surface area (Å²) in [5.41, 5.74) is 1.68. The molecule has 4 nitrogen and oxygen atoms in total. The van der Waals surface area contributed by atoms with Gasteiger partial charge in [0.15, 0.2) is 0 Å². The van der Waals surface area contributed by atoms with E-state index in [0.717, 1.165) is 6.42 Å². The van der Waals surface area contributed by atoms with Crippen LogP contribution in [-0.4, -0.2) is 17.0 Å². The van der Waals surface area contributed by atoms with E-state index in [1.165, 1.54) is 5.56 Å². The number of benzene rings is 1. The van der Waals surface area contributed by atoms with Crippen molar-refractivity contribution < 1.29 is 14.7 Å². The van der Waals surface area contributed by atoms with Crippen molar-refractivity contribution in [2.45, 2.75) is 26.2 Å². The van der Waals surface area contributed by atoms with E-state index in [-0.39, 0.29) is 0 Å². The van der Waals surface area contributed by atoms with E-state index >= 15 is 0 Å². The summed E-state index contributed by atoms with van der Waals surface area (Å²) in [5.74, 6) is -2.04. The summed E-state index contributed by atoms with van der Waals surface area (Å²) < 4.78 is 0. The zero-order valence-electron chi connectivity index (χ0n) is 9.36. The Morgan fingerprint density at radius 2 is 1.88 bits per heavy atom. The molecule has 0 radical (unpaired) electrons. The van der Waals surface area contributed by atoms with Crippen LogP contribution >= 0.6 is 0 Å². The van der Waals surface area contributed by atoms with Gasteiger partial charge < -0.3 is 10.4 Å². The quantitative estimate of drug-likeness (QED) is 0.769. The molecule has 0 fully saturated rings. The van der Waals surface area contributed by atoms with Gasteiger partial charge in [0.2, 0.25) is 0 Å². The molecule has 0 aromatic heterocycles. The lowest BCUT2D eigenvalue weighted by Crippen LogP contribution is -2.21. The van der Waals surface area contributed by atoms with Crippen molar-refractivity contribution in [1.82, 2.24) is 0 Å². The van der Waals surface area contributed by atoms with Crippen molar-refractivity contribution in [3.8, 4) is 0 Å². The zero-order chi connectivity index (χ0) is 12.1. The highest BCUT2D eigenvalue weighted by atomic mass is 16.4. The number of carboxylic acids is 1. The molecular formula is C12H15NO3. The first-order valence-corrected chi connectivity index (χ1v) is 5.18. The Hall–Kier alpha value is -1.84. The summed E-state index contributed by atoms with van der Waals surface area (Å²) in [4.78, 5) is 21.2. The highest BCUT2D eigenvalue weighted by molar-refractivity contribution is 6.36. The van der Waals surface area contributed by atoms with E-state index in [4.69, 9.17) is 5.11 Å². The SMILES string of the molecule is CCC(C)c1ccc(NC(=O)C(=O)O)cc1. The second-order valence-corrected chi connectivity index (χ2v) is 3.69. The van der Waals surface area contributed by atoms with E-state index in [1.807, 2.05) is 12.1 Å². The number of hydrogen-bond donors (Lipinski definition) is 2. The van der Waals surface area contributed by atoms with Gasteiger partial charge in [0.05, 0.1) is 0 Å². The maximum atomic E-state index is 10.9. The molecule has 1 aromatic rings. The van der Waals surface area contributed by atoms with Crippen molar-refractivity contribution in [2.75, 3.05) is 5.32 Å². The molecule has 0 saturated carbocycles. The molecule has 1 rings (SSSR count). The van der Waals surface area contributed by atoms with Gasteiger partial charge in [-0.15, -0.1) is 0 Å². The molecule has 86 valence electrons. The van der Waals surface area contributed by atoms with E-state index in [0.29, 0.717) is 11.6 Å². The van der Waals surface area contributed by atoms with Gasteiger partial charge in [0, 0.05) is 5.69 Å². The lowest BCUT2D eigenvalue weighted by Gasteiger charge is -2.09. The van der Waals surface area contributed by atoms with Crippen LogP contribution in [0.3, 0.4) is 0 Å². The molecule has 0 aliphatic carbocycles. The predicted molar refractivity (Wildman–Crippen MR) is 61.4 cm³/mol. The Kier molecular flexibility index (Phi) is 4.05. The Morgan fingerprint density at radius 1 is 1.31 bits per heavy atom. The average molecular weight is 221 g/mol. The van der Waals surface area contributed by atoms with Gasteiger partial charge in [-0.05, 0) is 30.0 Å². The van der Waals surface area contributed by atoms with Gasteiger partial charge in [-0.2, -0.15) is 0 Å². The minimum Gasteiger partial charge on any atom is -0.474 e. The van der Waals surface area contributed by atoms with Gasteiger partial charge in [-0.3, -0.25) is 4.79 Å². The number of nitrogens with one attached hydrogen (secondary N) is 1. The number of aliphatic carboxylic acids is 1. The first-order valence-electron chi connectivity index (χ1n) is 5.18. The maximum Gasteiger partial charge on any atom is 0.394 e. The van der Waals surface area contributed by atoms with Crippen LogP contribution in [0.1, 0.15) is 31.7 Å². The van der Waals surface area contributed by atoms with Gasteiger partial charge >= 0.3 is 11.9 Å². The Balaban J connectivity index is 2.72. The summed E-state index contributed by atoms with van der Waals surface area (Å²) in [7, 11) is 0. The fraction of sp³-hybridized carbons (Fsp3) is 0.333. The molecule has 1 unspecified atom stereocenters. The fourth-order valence-corrected chi connectivity index (χ4v) is 1.32. The predicted octanol–water partition coefficient (Wildman–Crippen LogP) is 2.22. The highest BCUT2D eigenvalue weighted by Crippen LogP contribution is 2.20. The minimum absolute atomic E-state index is 0.462. The van der Waals surface area contributed by atoms with Gasteiger partial charge in [-0.1, -0.05) is 26.0 Å². The van der Waals surface area contributed by atoms with Crippen LogP contribution in [0.25, 0.3) is 0 Å². The molecular weight excluding hydrogens is 206 g/mol. The third-order valence-corrected chi connectivity index (χ3v) is 2.54. The monoisotopic (exact) mass is 221 g/mol. The zero-order valence-corrected chi connectivity index (χ0v) is 9.36. The average Bonchev–Trinajstić information content (AvgIpc) is 2.28. The van der Waals surface area contributed by atoms with Crippen LogP contribution in [0.4, 0.5) is 5.69 Å². The third kappa shape index (κ3) is 3.08. The Bertz CT molecular complexity index is 384. The molecule has 16 heavy (non-hydrogen) atoms. The molecule has 0 saturated heterocycles. The van der Waals surface area contributed by atoms with Crippen molar-refractivity contribution in [2.24, 2.45) is 0 Å². The molecule has 4 heteroatoms. The van der Waals surface area contributed by atoms with Crippen LogP contribution in [0.15, 0.2) is 24.3 Å². The molecule has 0 bridgehead atoms. The number of carbonyl (C=O) groups is 2. The molecule has 0 spiro atoms. The van der Waals surface area contributed by atoms with Crippen LogP contribution in [-0.2, 0) is 9.59 Å². The molecule has 0 aliphatic heterocycles. The summed E-state index contributed by atoms with van der Waals surface area (Å²) in [6.07, 6.45) is 1.04. The number of amides is 1. The molecule has 2 N–H and O–H groups in total. The van der Waals surface area contributed by atoms with Crippen molar-refractivity contribution in [3.05, 3.63) is 29.8 Å². The normalized spacial score (nSPS) is 11.9. The standard InChI is InChI=1S/C12H15NO3/c1-3-8(2)9-4-6-10(7-5-9)13-11(14)12(15)16/h4-8H,3H2,1-2H3,(H,13,14)(H,15,16). The summed E-state index contributed by atoms with van der Waals surface area (Å²) in [5, 5.41) is 10.7.